The number of hydrogen-bond acceptors (Lipinski definition) is 3. The van der Waals surface area contributed by atoms with Crippen molar-refractivity contribution in [3.63, 3.8) is 0 Å². The van der Waals surface area contributed by atoms with Gasteiger partial charge in [0.05, 0.1) is 0 Å². The molecule has 0 aliphatic carbocycles. The molecule has 1 aromatic heterocycles. The Bertz CT molecular complexity index is 1100. The highest BCUT2D eigenvalue weighted by atomic mass is 16.5. The van der Waals surface area contributed by atoms with E-state index in [1.807, 2.05) is 30.0 Å². The maximum atomic E-state index is 13.3. The molecule has 2 aliphatic rings. The Balaban J connectivity index is 1.81. The van der Waals surface area contributed by atoms with Gasteiger partial charge in [-0.15, -0.1) is 0 Å². The molecular formula is C24H26N2O3. The smallest absolute Gasteiger partial charge is 0.254 e. The summed E-state index contributed by atoms with van der Waals surface area (Å²) in [7, 11) is 0. The minimum Gasteiger partial charge on any atom is -0.381 e. The second-order valence-electron chi connectivity index (χ2n) is 7.59. The van der Waals surface area contributed by atoms with E-state index in [0.29, 0.717) is 26.2 Å². The zero-order chi connectivity index (χ0) is 20.4. The maximum Gasteiger partial charge on any atom is 0.254 e. The Labute approximate surface area is 170 Å². The number of allylic oxidation sites excluding steroid dienone is 1. The monoisotopic (exact) mass is 390 g/mol. The fourth-order valence-corrected chi connectivity index (χ4v) is 4.44. The van der Waals surface area contributed by atoms with Crippen molar-refractivity contribution in [3.8, 4) is 0 Å². The van der Waals surface area contributed by atoms with Gasteiger partial charge in [-0.25, -0.2) is 0 Å². The molecule has 2 aromatic rings. The van der Waals surface area contributed by atoms with E-state index in [-0.39, 0.29) is 17.5 Å². The normalized spacial score (nSPS) is 18.4. The van der Waals surface area contributed by atoms with Gasteiger partial charge in [0.25, 0.3) is 5.91 Å². The lowest BCUT2D eigenvalue weighted by Gasteiger charge is -2.30. The average Bonchev–Trinajstić information content (AvgIpc) is 3.07. The van der Waals surface area contributed by atoms with Crippen LogP contribution in [0.1, 0.15) is 46.8 Å². The van der Waals surface area contributed by atoms with Crippen LogP contribution in [0, 0.1) is 0 Å². The summed E-state index contributed by atoms with van der Waals surface area (Å²) in [6, 6.07) is 5.64. The number of nitrogens with one attached hydrogen (secondary N) is 1. The molecule has 1 saturated heterocycles. The van der Waals surface area contributed by atoms with Gasteiger partial charge in [0.15, 0.2) is 0 Å². The van der Waals surface area contributed by atoms with E-state index in [1.165, 1.54) is 6.07 Å². The van der Waals surface area contributed by atoms with Crippen LogP contribution >= 0.6 is 0 Å². The highest BCUT2D eigenvalue weighted by Crippen LogP contribution is 2.26. The number of benzene rings is 1. The van der Waals surface area contributed by atoms with Crippen molar-refractivity contribution in [2.45, 2.75) is 38.8 Å². The minimum absolute atomic E-state index is 0.107. The molecule has 1 fully saturated rings. The third-order valence-corrected chi connectivity index (χ3v) is 5.87. The van der Waals surface area contributed by atoms with Crippen molar-refractivity contribution in [3.05, 3.63) is 80.1 Å². The Kier molecular flexibility index (Phi) is 5.49. The zero-order valence-corrected chi connectivity index (χ0v) is 16.7. The van der Waals surface area contributed by atoms with Gasteiger partial charge in [0.2, 0.25) is 5.56 Å². The molecular weight excluding hydrogens is 364 g/mol. The van der Waals surface area contributed by atoms with Gasteiger partial charge >= 0.3 is 0 Å². The van der Waals surface area contributed by atoms with Crippen molar-refractivity contribution in [2.75, 3.05) is 13.2 Å². The largest absolute Gasteiger partial charge is 0.381 e. The molecule has 5 heteroatoms. The number of nitrogens with zero attached hydrogens (tertiary/aromatic N) is 1. The van der Waals surface area contributed by atoms with Crippen LogP contribution in [0.3, 0.4) is 0 Å². The van der Waals surface area contributed by atoms with E-state index in [4.69, 9.17) is 4.74 Å². The van der Waals surface area contributed by atoms with Crippen molar-refractivity contribution in [2.24, 2.45) is 0 Å². The van der Waals surface area contributed by atoms with Crippen LogP contribution in [0.5, 0.6) is 0 Å². The number of carbonyl (C=O) groups is 1. The quantitative estimate of drug-likeness (QED) is 0.867. The predicted octanol–water partition coefficient (Wildman–Crippen LogP) is 1.87. The van der Waals surface area contributed by atoms with Gasteiger partial charge in [-0.2, -0.15) is 0 Å². The topological polar surface area (TPSA) is 62.4 Å². The number of aromatic nitrogens is 1. The second kappa shape index (κ2) is 8.21. The lowest BCUT2D eigenvalue weighted by molar-refractivity contribution is 0.0303. The first-order chi connectivity index (χ1) is 14.1. The molecule has 0 unspecified atom stereocenters. The van der Waals surface area contributed by atoms with Gasteiger partial charge in [-0.05, 0) is 59.4 Å². The molecule has 0 atom stereocenters. The Morgan fingerprint density at radius 2 is 2.03 bits per heavy atom. The summed E-state index contributed by atoms with van der Waals surface area (Å²) >= 11 is 0. The molecule has 0 bridgehead atoms. The number of pyridine rings is 1. The van der Waals surface area contributed by atoms with Gasteiger partial charge < -0.3 is 14.6 Å². The van der Waals surface area contributed by atoms with Crippen LogP contribution in [0.15, 0.2) is 41.8 Å². The fourth-order valence-electron chi connectivity index (χ4n) is 4.44. The standard InChI is InChI=1S/C24H26N2O3/c1-3-5-20-19(4-2)17(12-16-6-7-23(27)25-14-16)13-21-22(20)15-26(24(21)28)18-8-10-29-11-9-18/h3-7,13-14,18H,1,8-12,15H2,2H3,(H,25,27). The number of aromatic amines is 1. The van der Waals surface area contributed by atoms with Crippen LogP contribution in [0.4, 0.5) is 0 Å². The van der Waals surface area contributed by atoms with Crippen molar-refractivity contribution < 1.29 is 9.53 Å². The number of carbonyl (C=O) groups excluding carboxylic acids is 1. The number of amides is 1. The molecule has 1 N–H and O–H groups in total. The van der Waals surface area contributed by atoms with E-state index in [9.17, 15) is 9.59 Å². The van der Waals surface area contributed by atoms with E-state index in [2.05, 4.69) is 17.6 Å². The molecule has 3 heterocycles. The number of ether oxygens (including phenoxy) is 1. The molecule has 0 radical (unpaired) electrons. The molecule has 1 amide bonds. The first-order valence-corrected chi connectivity index (χ1v) is 10.1. The van der Waals surface area contributed by atoms with Gasteiger partial charge in [0, 0.05) is 43.6 Å². The second-order valence-corrected chi connectivity index (χ2v) is 7.59. The van der Waals surface area contributed by atoms with E-state index in [0.717, 1.165) is 45.5 Å². The summed E-state index contributed by atoms with van der Waals surface area (Å²) in [5.41, 5.74) is 3.83. The van der Waals surface area contributed by atoms with Crippen molar-refractivity contribution in [1.82, 2.24) is 9.88 Å². The summed E-state index contributed by atoms with van der Waals surface area (Å²) < 4.78 is 5.48. The summed E-state index contributed by atoms with van der Waals surface area (Å²) in [6.45, 7) is 7.96. The Morgan fingerprint density at radius 1 is 1.24 bits per heavy atom. The van der Waals surface area contributed by atoms with Crippen LogP contribution in [0.25, 0.3) is 12.2 Å². The van der Waals surface area contributed by atoms with Crippen LogP contribution in [-0.2, 0) is 17.7 Å². The van der Waals surface area contributed by atoms with Crippen LogP contribution in [-0.4, -0.2) is 35.0 Å². The number of rotatable bonds is 4. The van der Waals surface area contributed by atoms with Gasteiger partial charge in [-0.3, -0.25) is 9.59 Å². The highest BCUT2D eigenvalue weighted by molar-refractivity contribution is 5.99. The number of hydrogen-bond donors (Lipinski definition) is 1. The molecule has 1 aromatic carbocycles. The SMILES string of the molecule is C=CC=c1c2c(cc(Cc3ccc(=O)[nH]c3)c1=CC)C(=O)N(C1CCOCC1)C2. The molecule has 150 valence electrons. The maximum absolute atomic E-state index is 13.3. The van der Waals surface area contributed by atoms with Gasteiger partial charge in [0.1, 0.15) is 0 Å². The molecule has 0 spiro atoms. The van der Waals surface area contributed by atoms with Crippen molar-refractivity contribution in [1.29, 1.82) is 0 Å². The Hall–Kier alpha value is -2.92. The molecule has 2 aliphatic heterocycles. The van der Waals surface area contributed by atoms with Crippen LogP contribution in [0.2, 0.25) is 0 Å². The zero-order valence-electron chi connectivity index (χ0n) is 16.7. The first-order valence-electron chi connectivity index (χ1n) is 10.1. The van der Waals surface area contributed by atoms with E-state index < -0.39 is 0 Å². The number of H-pyrrole nitrogens is 1. The predicted molar refractivity (Wildman–Crippen MR) is 114 cm³/mol. The third kappa shape index (κ3) is 3.70. The fraction of sp³-hybridized carbons (Fsp3) is 0.333. The Morgan fingerprint density at radius 3 is 2.69 bits per heavy atom. The summed E-state index contributed by atoms with van der Waals surface area (Å²) in [5, 5.41) is 2.19. The van der Waals surface area contributed by atoms with E-state index in [1.54, 1.807) is 12.3 Å². The number of fused-ring (bicyclic) bond motifs is 1. The minimum atomic E-state index is -0.118. The highest BCUT2D eigenvalue weighted by Gasteiger charge is 2.34. The summed E-state index contributed by atoms with van der Waals surface area (Å²) in [4.78, 5) is 29.4. The van der Waals surface area contributed by atoms with Crippen LogP contribution < -0.4 is 16.0 Å². The lowest BCUT2D eigenvalue weighted by atomic mass is 9.95. The molecule has 4 rings (SSSR count). The van der Waals surface area contributed by atoms with Crippen molar-refractivity contribution >= 4 is 18.1 Å². The van der Waals surface area contributed by atoms with Gasteiger partial charge in [-0.1, -0.05) is 30.9 Å². The molecule has 0 saturated carbocycles. The average molecular weight is 390 g/mol. The summed E-state index contributed by atoms with van der Waals surface area (Å²) in [6.07, 6.45) is 10.0. The lowest BCUT2D eigenvalue weighted by Crippen LogP contribution is -2.39. The summed E-state index contributed by atoms with van der Waals surface area (Å²) in [5.74, 6) is 0.107. The third-order valence-electron chi connectivity index (χ3n) is 5.87. The van der Waals surface area contributed by atoms with E-state index >= 15 is 0 Å². The molecule has 29 heavy (non-hydrogen) atoms. The molecule has 5 nitrogen and oxygen atoms in total. The first kappa shape index (κ1) is 19.4.